The molecule has 3 aromatic rings. The number of nitrogens with zero attached hydrogens (tertiary/aromatic N) is 5. The largest absolute Gasteiger partial charge is 0.350 e. The second-order valence-corrected chi connectivity index (χ2v) is 7.32. The summed E-state index contributed by atoms with van der Waals surface area (Å²) in [5, 5.41) is 21.1. The number of carbonyl (C=O) groups excluding carboxylic acids is 1. The first-order valence-electron chi connectivity index (χ1n) is 8.70. The first kappa shape index (κ1) is 18.9. The molecule has 1 aromatic carbocycles. The van der Waals surface area contributed by atoms with Gasteiger partial charge in [0.2, 0.25) is 5.78 Å². The highest BCUT2D eigenvalue weighted by atomic mass is 32.2. The Hall–Kier alpha value is -2.86. The lowest BCUT2D eigenvalue weighted by molar-refractivity contribution is 0.0943. The van der Waals surface area contributed by atoms with E-state index in [2.05, 4.69) is 21.6 Å². The molecule has 27 heavy (non-hydrogen) atoms. The van der Waals surface area contributed by atoms with Crippen LogP contribution in [0.4, 0.5) is 0 Å². The van der Waals surface area contributed by atoms with Gasteiger partial charge in [0.15, 0.2) is 5.16 Å². The predicted molar refractivity (Wildman–Crippen MR) is 104 cm³/mol. The second kappa shape index (κ2) is 7.80. The zero-order valence-corrected chi connectivity index (χ0v) is 16.2. The van der Waals surface area contributed by atoms with Crippen molar-refractivity contribution in [2.24, 2.45) is 0 Å². The zero-order chi connectivity index (χ0) is 19.6. The van der Waals surface area contributed by atoms with E-state index in [0.717, 1.165) is 6.42 Å². The Bertz CT molecular complexity index is 1110. The average molecular weight is 384 g/mol. The molecule has 0 fully saturated rings. The topological polar surface area (TPSA) is 105 Å². The van der Waals surface area contributed by atoms with E-state index in [-0.39, 0.29) is 23.3 Å². The van der Waals surface area contributed by atoms with Crippen molar-refractivity contribution in [1.29, 1.82) is 5.26 Å². The quantitative estimate of drug-likeness (QED) is 0.653. The van der Waals surface area contributed by atoms with Crippen molar-refractivity contribution in [3.63, 3.8) is 0 Å². The maximum atomic E-state index is 12.9. The summed E-state index contributed by atoms with van der Waals surface area (Å²) in [6.07, 6.45) is 0.767. The van der Waals surface area contributed by atoms with Crippen molar-refractivity contribution in [1.82, 2.24) is 24.5 Å². The van der Waals surface area contributed by atoms with E-state index < -0.39 is 0 Å². The number of hydrogen-bond acceptors (Lipinski definition) is 6. The minimum absolute atomic E-state index is 0.00225. The second-order valence-electron chi connectivity index (χ2n) is 6.38. The number of hydrogen-bond donors (Lipinski definition) is 1. The number of aryl methyl sites for hydroxylation is 1. The number of rotatable bonds is 6. The molecule has 0 unspecified atom stereocenters. The van der Waals surface area contributed by atoms with Crippen LogP contribution in [0.5, 0.6) is 0 Å². The molecule has 1 N–H and O–H groups in total. The smallest absolute Gasteiger partial charge is 0.262 e. The van der Waals surface area contributed by atoms with Gasteiger partial charge in [-0.05, 0) is 38.5 Å². The van der Waals surface area contributed by atoms with Crippen LogP contribution in [-0.2, 0) is 6.54 Å². The number of carbonyl (C=O) groups is 1. The molecule has 140 valence electrons. The molecule has 1 amide bonds. The fraction of sp³-hybridized carbons (Fsp3) is 0.389. The van der Waals surface area contributed by atoms with Gasteiger partial charge in [0, 0.05) is 18.2 Å². The minimum atomic E-state index is -0.211. The summed E-state index contributed by atoms with van der Waals surface area (Å²) < 4.78 is 3.33. The SMILES string of the molecule is CCCn1c(=O)c2ccc(C(=O)NC(C)C)cc2n2c(SCC#N)nnc12. The molecule has 0 bridgehead atoms. The summed E-state index contributed by atoms with van der Waals surface area (Å²) in [6.45, 7) is 6.26. The molecule has 0 saturated heterocycles. The van der Waals surface area contributed by atoms with Gasteiger partial charge in [-0.25, -0.2) is 0 Å². The fourth-order valence-electron chi connectivity index (χ4n) is 2.88. The van der Waals surface area contributed by atoms with Crippen LogP contribution in [0.1, 0.15) is 37.6 Å². The van der Waals surface area contributed by atoms with Gasteiger partial charge < -0.3 is 5.32 Å². The van der Waals surface area contributed by atoms with Crippen LogP contribution < -0.4 is 10.9 Å². The third-order valence-corrected chi connectivity index (χ3v) is 4.76. The number of thioether (sulfide) groups is 1. The molecule has 0 atom stereocenters. The van der Waals surface area contributed by atoms with E-state index in [4.69, 9.17) is 5.26 Å². The summed E-state index contributed by atoms with van der Waals surface area (Å²) in [5.74, 6) is 0.413. The average Bonchev–Trinajstić information content (AvgIpc) is 3.06. The third kappa shape index (κ3) is 3.53. The van der Waals surface area contributed by atoms with Gasteiger partial charge in [-0.15, -0.1) is 10.2 Å². The van der Waals surface area contributed by atoms with Crippen LogP contribution in [0.15, 0.2) is 28.2 Å². The van der Waals surface area contributed by atoms with E-state index in [1.807, 2.05) is 20.8 Å². The summed E-state index contributed by atoms with van der Waals surface area (Å²) in [4.78, 5) is 25.3. The standard InChI is InChI=1S/C18H20N6O2S/c1-4-8-23-16(26)13-6-5-12(15(25)20-11(2)3)10-14(13)24-17(23)21-22-18(24)27-9-7-19/h5-6,10-11H,4,8-9H2,1-3H3,(H,20,25). The lowest BCUT2D eigenvalue weighted by atomic mass is 10.1. The van der Waals surface area contributed by atoms with Crippen molar-refractivity contribution in [3.05, 3.63) is 34.1 Å². The zero-order valence-electron chi connectivity index (χ0n) is 15.4. The number of amides is 1. The highest BCUT2D eigenvalue weighted by molar-refractivity contribution is 7.99. The van der Waals surface area contributed by atoms with Gasteiger partial charge in [-0.1, -0.05) is 18.7 Å². The molecule has 0 aliphatic rings. The van der Waals surface area contributed by atoms with Gasteiger partial charge >= 0.3 is 0 Å². The number of nitrogens with one attached hydrogen (secondary N) is 1. The van der Waals surface area contributed by atoms with Crippen LogP contribution in [0, 0.1) is 11.3 Å². The summed E-state index contributed by atoms with van der Waals surface area (Å²) >= 11 is 1.24. The Labute approximate surface area is 160 Å². The number of nitriles is 1. The molecule has 3 rings (SSSR count). The van der Waals surface area contributed by atoms with Gasteiger partial charge in [-0.2, -0.15) is 5.26 Å². The van der Waals surface area contributed by atoms with Crippen molar-refractivity contribution < 1.29 is 4.79 Å². The van der Waals surface area contributed by atoms with Crippen LogP contribution in [0.3, 0.4) is 0 Å². The number of aromatic nitrogens is 4. The number of benzene rings is 1. The molecule has 0 aliphatic carbocycles. The molecular formula is C18H20N6O2S. The maximum absolute atomic E-state index is 12.9. The van der Waals surface area contributed by atoms with Gasteiger partial charge in [-0.3, -0.25) is 18.6 Å². The van der Waals surface area contributed by atoms with Crippen molar-refractivity contribution >= 4 is 34.3 Å². The Balaban J connectivity index is 2.31. The van der Waals surface area contributed by atoms with Gasteiger partial charge in [0.05, 0.1) is 22.7 Å². The highest BCUT2D eigenvalue weighted by Crippen LogP contribution is 2.22. The van der Waals surface area contributed by atoms with Crippen molar-refractivity contribution in [2.45, 2.75) is 44.9 Å². The normalized spacial score (nSPS) is 11.2. The van der Waals surface area contributed by atoms with Crippen LogP contribution in [0.2, 0.25) is 0 Å². The Kier molecular flexibility index (Phi) is 5.46. The van der Waals surface area contributed by atoms with E-state index in [1.165, 1.54) is 11.8 Å². The maximum Gasteiger partial charge on any atom is 0.262 e. The van der Waals surface area contributed by atoms with E-state index in [0.29, 0.717) is 33.9 Å². The molecule has 0 saturated carbocycles. The molecule has 2 heterocycles. The first-order valence-corrected chi connectivity index (χ1v) is 9.68. The van der Waals surface area contributed by atoms with Crippen molar-refractivity contribution in [2.75, 3.05) is 5.75 Å². The fourth-order valence-corrected chi connectivity index (χ4v) is 3.49. The van der Waals surface area contributed by atoms with E-state index in [9.17, 15) is 9.59 Å². The summed E-state index contributed by atoms with van der Waals surface area (Å²) in [6, 6.07) is 7.06. The molecule has 2 aromatic heterocycles. The van der Waals surface area contributed by atoms with E-state index >= 15 is 0 Å². The Morgan fingerprint density at radius 1 is 1.37 bits per heavy atom. The van der Waals surface area contributed by atoms with Gasteiger partial charge in [0.25, 0.3) is 11.5 Å². The van der Waals surface area contributed by atoms with Crippen LogP contribution in [-0.4, -0.2) is 36.9 Å². The van der Waals surface area contributed by atoms with E-state index in [1.54, 1.807) is 27.2 Å². The molecule has 0 aliphatic heterocycles. The summed E-state index contributed by atoms with van der Waals surface area (Å²) in [5.41, 5.74) is 0.846. The molecule has 0 radical (unpaired) electrons. The highest BCUT2D eigenvalue weighted by Gasteiger charge is 2.18. The monoisotopic (exact) mass is 384 g/mol. The Morgan fingerprint density at radius 3 is 2.81 bits per heavy atom. The lowest BCUT2D eigenvalue weighted by Gasteiger charge is -2.12. The Morgan fingerprint density at radius 2 is 2.15 bits per heavy atom. The molecule has 0 spiro atoms. The van der Waals surface area contributed by atoms with Crippen LogP contribution >= 0.6 is 11.8 Å². The van der Waals surface area contributed by atoms with Crippen molar-refractivity contribution in [3.8, 4) is 6.07 Å². The van der Waals surface area contributed by atoms with Gasteiger partial charge in [0.1, 0.15) is 0 Å². The minimum Gasteiger partial charge on any atom is -0.350 e. The summed E-state index contributed by atoms with van der Waals surface area (Å²) in [7, 11) is 0. The number of fused-ring (bicyclic) bond motifs is 3. The third-order valence-electron chi connectivity index (χ3n) is 3.97. The molecule has 8 nitrogen and oxygen atoms in total. The molecular weight excluding hydrogens is 364 g/mol. The predicted octanol–water partition coefficient (Wildman–Crippen LogP) is 2.21. The van der Waals surface area contributed by atoms with Crippen LogP contribution in [0.25, 0.3) is 16.7 Å². The lowest BCUT2D eigenvalue weighted by Crippen LogP contribution is -2.30. The first-order chi connectivity index (χ1) is 13.0. The molecule has 9 heteroatoms.